The number of hydrogen-bond acceptors (Lipinski definition) is 6. The van der Waals surface area contributed by atoms with Crippen molar-refractivity contribution in [2.24, 2.45) is 5.92 Å². The van der Waals surface area contributed by atoms with Crippen LogP contribution >= 0.6 is 11.8 Å². The van der Waals surface area contributed by atoms with Crippen LogP contribution in [-0.2, 0) is 23.9 Å². The molecule has 1 unspecified atom stereocenters. The lowest BCUT2D eigenvalue weighted by atomic mass is 9.99. The van der Waals surface area contributed by atoms with Crippen LogP contribution in [0, 0.1) is 5.92 Å². The Morgan fingerprint density at radius 3 is 2.36 bits per heavy atom. The molecule has 0 aromatic rings. The van der Waals surface area contributed by atoms with Gasteiger partial charge in [-0.2, -0.15) is 11.8 Å². The Labute approximate surface area is 135 Å². The molecule has 1 heterocycles. The molecule has 0 spiro atoms. The van der Waals surface area contributed by atoms with Crippen LogP contribution in [0.15, 0.2) is 0 Å². The van der Waals surface area contributed by atoms with Crippen molar-refractivity contribution in [3.63, 3.8) is 0 Å². The van der Waals surface area contributed by atoms with Gasteiger partial charge in [-0.1, -0.05) is 25.7 Å². The van der Waals surface area contributed by atoms with Gasteiger partial charge in [-0.3, -0.25) is 9.59 Å². The summed E-state index contributed by atoms with van der Waals surface area (Å²) in [5.41, 5.74) is 0. The number of carbonyl (C=O) groups excluding carboxylic acids is 3. The Hall–Kier alpha value is -1.24. The molecular formula is C15H25NO5S. The molecular weight excluding hydrogens is 306 g/mol. The summed E-state index contributed by atoms with van der Waals surface area (Å²) < 4.78 is 9.44. The summed E-state index contributed by atoms with van der Waals surface area (Å²) in [5.74, 6) is -0.955. The summed E-state index contributed by atoms with van der Waals surface area (Å²) in [4.78, 5) is 35.9. The summed E-state index contributed by atoms with van der Waals surface area (Å²) in [6, 6.07) is -0.726. The molecule has 1 N–H and O–H groups in total. The van der Waals surface area contributed by atoms with Gasteiger partial charge in [-0.05, 0) is 18.6 Å². The maximum atomic E-state index is 12.3. The number of amides is 1. The molecule has 2 atom stereocenters. The van der Waals surface area contributed by atoms with Crippen molar-refractivity contribution in [1.82, 2.24) is 5.32 Å². The first-order chi connectivity index (χ1) is 10.6. The summed E-state index contributed by atoms with van der Waals surface area (Å²) in [6.07, 6.45) is 5.54. The molecule has 0 bridgehead atoms. The van der Waals surface area contributed by atoms with Crippen LogP contribution in [0.4, 0.5) is 0 Å². The fourth-order valence-electron chi connectivity index (χ4n) is 2.37. The second-order valence-corrected chi connectivity index (χ2v) is 6.44. The quantitative estimate of drug-likeness (QED) is 0.610. The van der Waals surface area contributed by atoms with E-state index in [2.05, 4.69) is 5.32 Å². The number of thioether (sulfide) groups is 1. The normalized spacial score (nSPS) is 24.9. The number of rotatable bonds is 2. The first-order valence-electron chi connectivity index (χ1n) is 7.64. The van der Waals surface area contributed by atoms with Crippen LogP contribution in [0.25, 0.3) is 0 Å². The molecule has 0 saturated carbocycles. The van der Waals surface area contributed by atoms with E-state index in [-0.39, 0.29) is 0 Å². The summed E-state index contributed by atoms with van der Waals surface area (Å²) >= 11 is 1.61. The van der Waals surface area contributed by atoms with E-state index in [4.69, 9.17) is 9.47 Å². The molecule has 0 aromatic heterocycles. The van der Waals surface area contributed by atoms with E-state index in [9.17, 15) is 14.4 Å². The molecule has 1 aliphatic rings. The predicted octanol–water partition coefficient (Wildman–Crippen LogP) is 1.52. The van der Waals surface area contributed by atoms with E-state index in [0.29, 0.717) is 12.2 Å². The Morgan fingerprint density at radius 2 is 1.68 bits per heavy atom. The molecule has 1 aliphatic heterocycles. The molecule has 1 saturated heterocycles. The predicted molar refractivity (Wildman–Crippen MR) is 84.5 cm³/mol. The maximum absolute atomic E-state index is 12.3. The first kappa shape index (κ1) is 18.8. The Balaban J connectivity index is 2.80. The van der Waals surface area contributed by atoms with Crippen molar-refractivity contribution in [1.29, 1.82) is 0 Å². The van der Waals surface area contributed by atoms with E-state index >= 15 is 0 Å². The van der Waals surface area contributed by atoms with Gasteiger partial charge in [0.25, 0.3) is 0 Å². The van der Waals surface area contributed by atoms with Gasteiger partial charge in [0.15, 0.2) is 0 Å². The molecule has 22 heavy (non-hydrogen) atoms. The number of methoxy groups -OCH3 is 2. The van der Waals surface area contributed by atoms with Crippen molar-refractivity contribution in [3.8, 4) is 0 Å². The topological polar surface area (TPSA) is 81.7 Å². The van der Waals surface area contributed by atoms with Crippen LogP contribution in [0.2, 0.25) is 0 Å². The number of hydrogen-bond donors (Lipinski definition) is 1. The number of esters is 2. The monoisotopic (exact) mass is 331 g/mol. The Morgan fingerprint density at radius 1 is 1.05 bits per heavy atom. The SMILES string of the molecule is COC(=O)C1CCCCCCCSC[C@@H](C(=O)OC)NC1=O. The highest BCUT2D eigenvalue weighted by Gasteiger charge is 2.31. The average molecular weight is 331 g/mol. The Kier molecular flexibility index (Phi) is 8.96. The van der Waals surface area contributed by atoms with E-state index in [1.807, 2.05) is 0 Å². The molecule has 0 aromatic carbocycles. The van der Waals surface area contributed by atoms with E-state index in [1.165, 1.54) is 14.2 Å². The van der Waals surface area contributed by atoms with Gasteiger partial charge in [-0.15, -0.1) is 0 Å². The second-order valence-electron chi connectivity index (χ2n) is 5.29. The minimum Gasteiger partial charge on any atom is -0.468 e. The van der Waals surface area contributed by atoms with Crippen LogP contribution in [0.1, 0.15) is 38.5 Å². The van der Waals surface area contributed by atoms with E-state index in [0.717, 1.165) is 37.9 Å². The second kappa shape index (κ2) is 10.5. The third kappa shape index (κ3) is 6.25. The lowest BCUT2D eigenvalue weighted by Gasteiger charge is -2.19. The van der Waals surface area contributed by atoms with Gasteiger partial charge < -0.3 is 14.8 Å². The van der Waals surface area contributed by atoms with Gasteiger partial charge in [-0.25, -0.2) is 4.79 Å². The molecule has 0 aliphatic carbocycles. The highest BCUT2D eigenvalue weighted by Crippen LogP contribution is 2.17. The van der Waals surface area contributed by atoms with Crippen LogP contribution in [-0.4, -0.2) is 49.6 Å². The summed E-state index contributed by atoms with van der Waals surface area (Å²) in [5, 5.41) is 2.64. The van der Waals surface area contributed by atoms with E-state index in [1.54, 1.807) is 11.8 Å². The molecule has 1 fully saturated rings. The summed E-state index contributed by atoms with van der Waals surface area (Å²) in [6.45, 7) is 0. The third-order valence-corrected chi connectivity index (χ3v) is 4.82. The van der Waals surface area contributed by atoms with Crippen molar-refractivity contribution in [2.75, 3.05) is 25.7 Å². The van der Waals surface area contributed by atoms with Crippen molar-refractivity contribution in [3.05, 3.63) is 0 Å². The fourth-order valence-corrected chi connectivity index (χ4v) is 3.40. The zero-order chi connectivity index (χ0) is 16.4. The number of carbonyl (C=O) groups is 3. The minimum absolute atomic E-state index is 0.444. The standard InChI is InChI=1S/C15H25NO5S/c1-20-14(18)11-8-6-4-3-5-7-9-22-10-12(15(19)21-2)16-13(11)17/h11-12H,3-10H2,1-2H3,(H,16,17)/t11?,12-/m0/s1. The highest BCUT2D eigenvalue weighted by molar-refractivity contribution is 7.99. The number of nitrogens with one attached hydrogen (secondary N) is 1. The lowest BCUT2D eigenvalue weighted by molar-refractivity contribution is -0.152. The van der Waals surface area contributed by atoms with Crippen molar-refractivity contribution < 1.29 is 23.9 Å². The molecule has 7 heteroatoms. The molecule has 0 radical (unpaired) electrons. The van der Waals surface area contributed by atoms with E-state index < -0.39 is 29.8 Å². The Bertz CT molecular complexity index is 388. The smallest absolute Gasteiger partial charge is 0.329 e. The average Bonchev–Trinajstić information content (AvgIpc) is 2.54. The van der Waals surface area contributed by atoms with Gasteiger partial charge >= 0.3 is 11.9 Å². The van der Waals surface area contributed by atoms with Gasteiger partial charge in [0.1, 0.15) is 12.0 Å². The highest BCUT2D eigenvalue weighted by atomic mass is 32.2. The first-order valence-corrected chi connectivity index (χ1v) is 8.79. The van der Waals surface area contributed by atoms with Crippen molar-refractivity contribution >= 4 is 29.6 Å². The molecule has 1 rings (SSSR count). The van der Waals surface area contributed by atoms with Crippen LogP contribution in [0.3, 0.4) is 0 Å². The minimum atomic E-state index is -0.858. The van der Waals surface area contributed by atoms with Gasteiger partial charge in [0.2, 0.25) is 5.91 Å². The maximum Gasteiger partial charge on any atom is 0.329 e. The fraction of sp³-hybridized carbons (Fsp3) is 0.800. The van der Waals surface area contributed by atoms with Crippen molar-refractivity contribution in [2.45, 2.75) is 44.6 Å². The molecule has 126 valence electrons. The third-order valence-electron chi connectivity index (χ3n) is 3.67. The largest absolute Gasteiger partial charge is 0.468 e. The zero-order valence-corrected chi connectivity index (χ0v) is 14.1. The molecule has 6 nitrogen and oxygen atoms in total. The van der Waals surface area contributed by atoms with Gasteiger partial charge in [0, 0.05) is 5.75 Å². The van der Waals surface area contributed by atoms with Crippen LogP contribution in [0.5, 0.6) is 0 Å². The lowest BCUT2D eigenvalue weighted by Crippen LogP contribution is -2.47. The zero-order valence-electron chi connectivity index (χ0n) is 13.3. The van der Waals surface area contributed by atoms with Gasteiger partial charge in [0.05, 0.1) is 14.2 Å². The summed E-state index contributed by atoms with van der Waals surface area (Å²) in [7, 11) is 2.56. The number of ether oxygens (including phenoxy) is 2. The van der Waals surface area contributed by atoms with Crippen LogP contribution < -0.4 is 5.32 Å². The molecule has 1 amide bonds.